The predicted molar refractivity (Wildman–Crippen MR) is 276 cm³/mol. The Hall–Kier alpha value is -2.39. The number of cyclic esters (lactones) is 1. The van der Waals surface area contributed by atoms with Crippen molar-refractivity contribution in [2.75, 3.05) is 26.9 Å². The molecule has 0 amide bonds. The summed E-state index contributed by atoms with van der Waals surface area (Å²) >= 11 is 0. The van der Waals surface area contributed by atoms with Crippen LogP contribution >= 0.6 is 0 Å². The SMILES string of the molecule is CO[C@@H]1[C@@H](O)[C@H](O[C@@H]2[C@@H](O)[C@H](O[C@H]3[C@H](O)[C@@H](O)[C@H](O[C@H]4[C@H](O[C@H]5CC[C@]6(C)[C@@H]7CC[C@]89C(=O)O[C@@](C)(C(CC=C(C)C)OC(C)=O)[C@H]8CC[C@@]9(C)C7=CC[C@H]6C5(C)C)OC[C@@H](OS(=O)(=O)O)[C@@H]4O)O[C@@H]3C)OC[C@H]2O)O[C@H](CO)[C@H]1O. The van der Waals surface area contributed by atoms with Crippen molar-refractivity contribution in [1.82, 2.24) is 0 Å². The molecule has 5 heterocycles. The van der Waals surface area contributed by atoms with Crippen molar-refractivity contribution in [1.29, 1.82) is 0 Å². The largest absolute Gasteiger partial charge is 0.458 e. The van der Waals surface area contributed by atoms with E-state index in [1.807, 2.05) is 26.8 Å². The Morgan fingerprint density at radius 3 is 2.06 bits per heavy atom. The lowest BCUT2D eigenvalue weighted by atomic mass is 9.40. The maximum Gasteiger partial charge on any atom is 0.397 e. The Bertz CT molecular complexity index is 2460. The van der Waals surface area contributed by atoms with Gasteiger partial charge >= 0.3 is 22.3 Å². The predicted octanol–water partition coefficient (Wildman–Crippen LogP) is 0.620. The standard InChI is InChI=1S/C55H86O25S/c1-24(2)11-14-35(73-26(4)57)54(9)33-16-19-53(8)28-12-13-32-51(5,6)34(17-18-52(32,7)27(28)15-20-55(33,53)50(65)79-54)75-49-45(37(60)31(23-71-49)80-81(66,67)68)78-47-39(62)38(61)42(25(3)72-47)76-46-40(63)43(29(58)22-70-46)77-48-41(64)44(69-10)36(59)30(21-56)74-48/h11-12,25,27,29-49,56,58-64H,13-23H2,1-10H3,(H,66,67,68)/t25-,27-,29-,30-,31-,32+,33-,34+,35?,36-,37+,38-,39-,40-,41-,42-,43+,44+,45-,46+,47+,48+,49+,52-,53+,54-,55-/m1/s1. The number of aliphatic hydroxyl groups excluding tert-OH is 8. The Balaban J connectivity index is 0.898. The van der Waals surface area contributed by atoms with Crippen LogP contribution in [0.5, 0.6) is 0 Å². The zero-order valence-electron chi connectivity index (χ0n) is 47.7. The van der Waals surface area contributed by atoms with Crippen LogP contribution in [0.1, 0.15) is 114 Å². The number of hydrogen-bond donors (Lipinski definition) is 9. The van der Waals surface area contributed by atoms with Crippen LogP contribution in [0.15, 0.2) is 23.3 Å². The summed E-state index contributed by atoms with van der Waals surface area (Å²) in [7, 11) is -3.94. The molecular weight excluding hydrogens is 1090 g/mol. The fourth-order valence-electron chi connectivity index (χ4n) is 16.2. The number of fused-ring (bicyclic) bond motifs is 4. The summed E-state index contributed by atoms with van der Waals surface area (Å²) in [4.78, 5) is 27.2. The summed E-state index contributed by atoms with van der Waals surface area (Å²) in [6, 6.07) is 0. The van der Waals surface area contributed by atoms with E-state index in [-0.39, 0.29) is 29.1 Å². The minimum atomic E-state index is -5.15. The first-order chi connectivity index (χ1) is 37.9. The summed E-state index contributed by atoms with van der Waals surface area (Å²) in [6.07, 6.45) is -20.7. The number of carbonyl (C=O) groups is 2. The van der Waals surface area contributed by atoms with E-state index >= 15 is 0 Å². The van der Waals surface area contributed by atoms with Gasteiger partial charge in [-0.15, -0.1) is 0 Å². The zero-order chi connectivity index (χ0) is 59.3. The van der Waals surface area contributed by atoms with Crippen molar-refractivity contribution in [2.45, 2.75) is 242 Å². The molecule has 4 aliphatic carbocycles. The van der Waals surface area contributed by atoms with E-state index in [1.165, 1.54) is 26.5 Å². The zero-order valence-corrected chi connectivity index (χ0v) is 48.5. The number of hydrogen-bond acceptors (Lipinski definition) is 24. The van der Waals surface area contributed by atoms with Crippen LogP contribution in [0.25, 0.3) is 0 Å². The highest BCUT2D eigenvalue weighted by Crippen LogP contribution is 2.76. The van der Waals surface area contributed by atoms with Crippen LogP contribution in [-0.2, 0) is 76.3 Å². The molecule has 9 rings (SSSR count). The van der Waals surface area contributed by atoms with Crippen LogP contribution in [0, 0.1) is 39.4 Å². The molecule has 5 aliphatic heterocycles. The summed E-state index contributed by atoms with van der Waals surface area (Å²) in [5.41, 5.74) is -0.899. The second-order valence-electron chi connectivity index (χ2n) is 25.5. The van der Waals surface area contributed by atoms with Gasteiger partial charge in [0, 0.05) is 31.8 Å². The normalized spacial score (nSPS) is 49.0. The van der Waals surface area contributed by atoms with Crippen molar-refractivity contribution in [3.63, 3.8) is 0 Å². The number of carbonyl (C=O) groups excluding carboxylic acids is 2. The van der Waals surface area contributed by atoms with E-state index in [2.05, 4.69) is 33.8 Å². The summed E-state index contributed by atoms with van der Waals surface area (Å²) in [6.45, 7) is 15.7. The number of rotatable bonds is 16. The Morgan fingerprint density at radius 2 is 1.41 bits per heavy atom. The van der Waals surface area contributed by atoms with Gasteiger partial charge in [0.25, 0.3) is 0 Å². The van der Waals surface area contributed by atoms with Crippen LogP contribution in [0.4, 0.5) is 0 Å². The van der Waals surface area contributed by atoms with E-state index < -0.39 is 181 Å². The van der Waals surface area contributed by atoms with Gasteiger partial charge in [-0.3, -0.25) is 14.1 Å². The molecule has 0 bridgehead atoms. The molecule has 0 aromatic carbocycles. The van der Waals surface area contributed by atoms with Crippen LogP contribution < -0.4 is 0 Å². The second-order valence-corrected chi connectivity index (χ2v) is 26.6. The molecule has 5 saturated heterocycles. The topological polar surface area (TPSA) is 361 Å². The van der Waals surface area contributed by atoms with Crippen molar-refractivity contribution < 1.29 is 120 Å². The molecule has 8 fully saturated rings. The van der Waals surface area contributed by atoms with Gasteiger partial charge in [-0.2, -0.15) is 8.42 Å². The number of methoxy groups -OCH3 is 1. The van der Waals surface area contributed by atoms with E-state index in [4.69, 9.17) is 56.3 Å². The molecule has 26 heteroatoms. The molecule has 0 aromatic heterocycles. The fraction of sp³-hybridized carbons (Fsp3) is 0.891. The lowest BCUT2D eigenvalue weighted by molar-refractivity contribution is -0.382. The average molecular weight is 1180 g/mol. The van der Waals surface area contributed by atoms with Gasteiger partial charge in [0.15, 0.2) is 30.8 Å². The highest BCUT2D eigenvalue weighted by atomic mass is 32.3. The Morgan fingerprint density at radius 1 is 0.753 bits per heavy atom. The molecule has 1 unspecified atom stereocenters. The third-order valence-electron chi connectivity index (χ3n) is 20.4. The Kier molecular flexibility index (Phi) is 18.2. The molecule has 9 aliphatic rings. The first-order valence-corrected chi connectivity index (χ1v) is 29.7. The molecule has 1 spiro atoms. The van der Waals surface area contributed by atoms with Crippen molar-refractivity contribution in [3.05, 3.63) is 23.3 Å². The van der Waals surface area contributed by atoms with Gasteiger partial charge < -0.3 is 93.0 Å². The highest BCUT2D eigenvalue weighted by Gasteiger charge is 2.78. The average Bonchev–Trinajstić information content (AvgIpc) is 2.28. The number of aliphatic hydroxyl groups is 8. The van der Waals surface area contributed by atoms with Crippen molar-refractivity contribution in [2.24, 2.45) is 39.4 Å². The lowest BCUT2D eigenvalue weighted by Crippen LogP contribution is -2.65. The number of ether oxygens (including phenoxy) is 11. The summed E-state index contributed by atoms with van der Waals surface area (Å²) in [5, 5.41) is 88.3. The third kappa shape index (κ3) is 11.0. The molecule has 9 N–H and O–H groups in total. The van der Waals surface area contributed by atoms with E-state index in [0.717, 1.165) is 24.8 Å². The summed E-state index contributed by atoms with van der Waals surface area (Å²) < 4.78 is 104. The molecule has 0 radical (unpaired) electrons. The third-order valence-corrected chi connectivity index (χ3v) is 20.9. The first-order valence-electron chi connectivity index (χ1n) is 28.3. The second kappa shape index (κ2) is 23.4. The Labute approximate surface area is 472 Å². The van der Waals surface area contributed by atoms with Gasteiger partial charge in [-0.1, -0.05) is 51.0 Å². The van der Waals surface area contributed by atoms with E-state index in [0.29, 0.717) is 32.1 Å². The first kappa shape index (κ1) is 63.1. The lowest BCUT2D eigenvalue weighted by Gasteiger charge is -2.64. The van der Waals surface area contributed by atoms with Crippen LogP contribution in [0.2, 0.25) is 0 Å². The minimum absolute atomic E-state index is 0.0186. The quantitative estimate of drug-likeness (QED) is 0.0581. The van der Waals surface area contributed by atoms with Crippen molar-refractivity contribution in [3.8, 4) is 0 Å². The molecule has 3 saturated carbocycles. The number of allylic oxidation sites excluding steroid dienone is 3. The highest BCUT2D eigenvalue weighted by molar-refractivity contribution is 7.80. The van der Waals surface area contributed by atoms with Gasteiger partial charge in [0.1, 0.15) is 85.5 Å². The van der Waals surface area contributed by atoms with Crippen LogP contribution in [-0.4, -0.2) is 221 Å². The molecule has 81 heavy (non-hydrogen) atoms. The maximum atomic E-state index is 14.7. The minimum Gasteiger partial charge on any atom is -0.458 e. The molecule has 0 aromatic rings. The van der Waals surface area contributed by atoms with Crippen molar-refractivity contribution >= 4 is 22.3 Å². The van der Waals surface area contributed by atoms with E-state index in [1.54, 1.807) is 0 Å². The summed E-state index contributed by atoms with van der Waals surface area (Å²) in [5.74, 6) is -0.729. The van der Waals surface area contributed by atoms with Gasteiger partial charge in [-0.05, 0) is 95.3 Å². The van der Waals surface area contributed by atoms with Gasteiger partial charge in [0.2, 0.25) is 0 Å². The molecule has 27 atom stereocenters. The van der Waals surface area contributed by atoms with Gasteiger partial charge in [0.05, 0.1) is 37.4 Å². The smallest absolute Gasteiger partial charge is 0.397 e. The molecule has 25 nitrogen and oxygen atoms in total. The number of esters is 2. The monoisotopic (exact) mass is 1180 g/mol. The van der Waals surface area contributed by atoms with Crippen LogP contribution in [0.3, 0.4) is 0 Å². The van der Waals surface area contributed by atoms with E-state index in [9.17, 15) is 63.4 Å². The van der Waals surface area contributed by atoms with Gasteiger partial charge in [-0.25, -0.2) is 4.18 Å². The maximum absolute atomic E-state index is 14.7. The fourth-order valence-corrected chi connectivity index (χ4v) is 16.7. The molecular formula is C55H86O25S. The molecule has 462 valence electrons.